The topological polar surface area (TPSA) is 56.7 Å². The first-order chi connectivity index (χ1) is 7.05. The number of halogens is 2. The molecule has 0 fully saturated rings. The third kappa shape index (κ3) is 2.17. The van der Waals surface area contributed by atoms with Crippen LogP contribution in [0, 0.1) is 0 Å². The first kappa shape index (κ1) is 9.75. The molecule has 2 aromatic rings. The largest absolute Gasteiger partial charge is 0.443 e. The molecule has 0 amide bonds. The van der Waals surface area contributed by atoms with Crippen LogP contribution in [0.2, 0.25) is 0 Å². The van der Waals surface area contributed by atoms with E-state index in [1.54, 1.807) is 0 Å². The maximum absolute atomic E-state index is 12.8. The Labute approximate surface area is 83.7 Å². The minimum atomic E-state index is -3.06. The molecule has 2 rings (SSSR count). The Morgan fingerprint density at radius 1 is 1.40 bits per heavy atom. The Morgan fingerprint density at radius 2 is 2.07 bits per heavy atom. The summed E-state index contributed by atoms with van der Waals surface area (Å²) in [6.07, 6.45) is 4.17. The third-order valence-electron chi connectivity index (χ3n) is 1.70. The van der Waals surface area contributed by atoms with E-state index in [9.17, 15) is 8.78 Å². The molecular weight excluding hydrogens is 206 g/mol. The van der Waals surface area contributed by atoms with E-state index in [4.69, 9.17) is 0 Å². The van der Waals surface area contributed by atoms with Crippen LogP contribution in [-0.2, 0) is 12.5 Å². The standard InChI is InChI=1S/C8H8F2N4O/c1-8(9,10)7-13-6(5-15-7)4-14-11-2-3-12-14/h2-3,5H,4H2,1H3. The van der Waals surface area contributed by atoms with E-state index in [-0.39, 0.29) is 6.54 Å². The SMILES string of the molecule is CC(F)(F)c1nc(Cn2nccn2)co1. The summed E-state index contributed by atoms with van der Waals surface area (Å²) in [5.74, 6) is -3.65. The van der Waals surface area contributed by atoms with Crippen LogP contribution < -0.4 is 0 Å². The predicted molar refractivity (Wildman–Crippen MR) is 45.2 cm³/mol. The summed E-state index contributed by atoms with van der Waals surface area (Å²) in [5.41, 5.74) is 0.364. The zero-order valence-corrected chi connectivity index (χ0v) is 7.89. The Kier molecular flexibility index (Phi) is 2.22. The maximum atomic E-state index is 12.8. The van der Waals surface area contributed by atoms with Crippen molar-refractivity contribution in [3.8, 4) is 0 Å². The molecule has 0 bridgehead atoms. The van der Waals surface area contributed by atoms with Crippen molar-refractivity contribution in [2.45, 2.75) is 19.4 Å². The summed E-state index contributed by atoms with van der Waals surface area (Å²) in [7, 11) is 0. The molecule has 0 unspecified atom stereocenters. The molecule has 5 nitrogen and oxygen atoms in total. The average molecular weight is 214 g/mol. The van der Waals surface area contributed by atoms with Gasteiger partial charge in [0, 0.05) is 6.92 Å². The fraction of sp³-hybridized carbons (Fsp3) is 0.375. The molecule has 0 spiro atoms. The average Bonchev–Trinajstić information content (AvgIpc) is 2.73. The zero-order chi connectivity index (χ0) is 10.9. The van der Waals surface area contributed by atoms with Gasteiger partial charge in [-0.3, -0.25) is 0 Å². The molecule has 2 heterocycles. The Balaban J connectivity index is 2.15. The molecule has 0 N–H and O–H groups in total. The molecule has 0 atom stereocenters. The first-order valence-electron chi connectivity index (χ1n) is 4.22. The van der Waals surface area contributed by atoms with Crippen LogP contribution in [0.5, 0.6) is 0 Å². The predicted octanol–water partition coefficient (Wildman–Crippen LogP) is 1.43. The minimum Gasteiger partial charge on any atom is -0.443 e. The molecule has 2 aromatic heterocycles. The fourth-order valence-electron chi connectivity index (χ4n) is 1.05. The molecule has 0 saturated heterocycles. The van der Waals surface area contributed by atoms with Gasteiger partial charge in [0.2, 0.25) is 0 Å². The van der Waals surface area contributed by atoms with Gasteiger partial charge in [-0.1, -0.05) is 0 Å². The highest BCUT2D eigenvalue weighted by Crippen LogP contribution is 2.25. The summed E-state index contributed by atoms with van der Waals surface area (Å²) < 4.78 is 30.2. The van der Waals surface area contributed by atoms with Crippen molar-refractivity contribution in [2.75, 3.05) is 0 Å². The van der Waals surface area contributed by atoms with E-state index in [0.717, 1.165) is 6.92 Å². The van der Waals surface area contributed by atoms with Crippen LogP contribution in [0.4, 0.5) is 8.78 Å². The highest BCUT2D eigenvalue weighted by Gasteiger charge is 2.30. The third-order valence-corrected chi connectivity index (χ3v) is 1.70. The van der Waals surface area contributed by atoms with E-state index in [0.29, 0.717) is 5.69 Å². The number of hydrogen-bond acceptors (Lipinski definition) is 4. The van der Waals surface area contributed by atoms with E-state index in [2.05, 4.69) is 19.6 Å². The van der Waals surface area contributed by atoms with Gasteiger partial charge < -0.3 is 4.42 Å². The lowest BCUT2D eigenvalue weighted by Gasteiger charge is -2.02. The van der Waals surface area contributed by atoms with Gasteiger partial charge in [-0.2, -0.15) is 23.8 Å². The van der Waals surface area contributed by atoms with E-state index >= 15 is 0 Å². The summed E-state index contributed by atoms with van der Waals surface area (Å²) in [6, 6.07) is 0. The monoisotopic (exact) mass is 214 g/mol. The molecule has 0 aliphatic heterocycles. The highest BCUT2D eigenvalue weighted by atomic mass is 19.3. The van der Waals surface area contributed by atoms with Crippen molar-refractivity contribution in [1.29, 1.82) is 0 Å². The van der Waals surface area contributed by atoms with Gasteiger partial charge >= 0.3 is 5.92 Å². The molecule has 80 valence electrons. The number of nitrogens with zero attached hydrogens (tertiary/aromatic N) is 4. The number of rotatable bonds is 3. The summed E-state index contributed by atoms with van der Waals surface area (Å²) in [6.45, 7) is 0.946. The quantitative estimate of drug-likeness (QED) is 0.775. The lowest BCUT2D eigenvalue weighted by molar-refractivity contribution is -0.0109. The maximum Gasteiger partial charge on any atom is 0.319 e. The fourth-order valence-corrected chi connectivity index (χ4v) is 1.05. The number of alkyl halides is 2. The molecule has 0 saturated carbocycles. The van der Waals surface area contributed by atoms with Crippen LogP contribution in [0.25, 0.3) is 0 Å². The molecule has 0 radical (unpaired) electrons. The molecule has 0 aliphatic rings. The van der Waals surface area contributed by atoms with Crippen molar-refractivity contribution < 1.29 is 13.2 Å². The lowest BCUT2D eigenvalue weighted by atomic mass is 10.4. The van der Waals surface area contributed by atoms with Gasteiger partial charge in [-0.25, -0.2) is 4.98 Å². The molecule has 7 heteroatoms. The van der Waals surface area contributed by atoms with Crippen LogP contribution in [0.1, 0.15) is 18.5 Å². The Hall–Kier alpha value is -1.79. The van der Waals surface area contributed by atoms with E-state index in [1.165, 1.54) is 23.5 Å². The minimum absolute atomic E-state index is 0.215. The van der Waals surface area contributed by atoms with Crippen LogP contribution in [0.15, 0.2) is 23.1 Å². The lowest BCUT2D eigenvalue weighted by Crippen LogP contribution is -2.08. The number of oxazole rings is 1. The smallest absolute Gasteiger partial charge is 0.319 e. The second kappa shape index (κ2) is 3.41. The normalized spacial score (nSPS) is 11.9. The second-order valence-corrected chi connectivity index (χ2v) is 3.09. The van der Waals surface area contributed by atoms with Crippen molar-refractivity contribution in [3.05, 3.63) is 30.2 Å². The van der Waals surface area contributed by atoms with Crippen molar-refractivity contribution in [3.63, 3.8) is 0 Å². The molecule has 0 aromatic carbocycles. The molecule has 0 aliphatic carbocycles. The van der Waals surface area contributed by atoms with Crippen LogP contribution >= 0.6 is 0 Å². The van der Waals surface area contributed by atoms with Gasteiger partial charge in [0.1, 0.15) is 18.5 Å². The van der Waals surface area contributed by atoms with Crippen molar-refractivity contribution in [1.82, 2.24) is 20.0 Å². The zero-order valence-electron chi connectivity index (χ0n) is 7.89. The van der Waals surface area contributed by atoms with Gasteiger partial charge in [-0.15, -0.1) is 0 Å². The van der Waals surface area contributed by atoms with Gasteiger partial charge in [0.15, 0.2) is 0 Å². The molecular formula is C8H8F2N4O. The first-order valence-corrected chi connectivity index (χ1v) is 4.22. The van der Waals surface area contributed by atoms with Crippen molar-refractivity contribution in [2.24, 2.45) is 0 Å². The Bertz CT molecular complexity index is 432. The van der Waals surface area contributed by atoms with Gasteiger partial charge in [0.05, 0.1) is 12.4 Å². The molecule has 15 heavy (non-hydrogen) atoms. The summed E-state index contributed by atoms with van der Waals surface area (Å²) >= 11 is 0. The summed E-state index contributed by atoms with van der Waals surface area (Å²) in [4.78, 5) is 4.97. The van der Waals surface area contributed by atoms with E-state index < -0.39 is 11.8 Å². The number of hydrogen-bond donors (Lipinski definition) is 0. The van der Waals surface area contributed by atoms with E-state index in [1.807, 2.05) is 0 Å². The van der Waals surface area contributed by atoms with Gasteiger partial charge in [-0.05, 0) is 0 Å². The van der Waals surface area contributed by atoms with Gasteiger partial charge in [0.25, 0.3) is 5.89 Å². The number of aromatic nitrogens is 4. The van der Waals surface area contributed by atoms with Crippen LogP contribution in [0.3, 0.4) is 0 Å². The summed E-state index contributed by atoms with van der Waals surface area (Å²) in [5, 5.41) is 7.64. The van der Waals surface area contributed by atoms with Crippen molar-refractivity contribution >= 4 is 0 Å². The highest BCUT2D eigenvalue weighted by molar-refractivity contribution is 4.99. The second-order valence-electron chi connectivity index (χ2n) is 3.09. The Morgan fingerprint density at radius 3 is 2.60 bits per heavy atom. The van der Waals surface area contributed by atoms with Crippen LogP contribution in [-0.4, -0.2) is 20.0 Å².